The minimum Gasteiger partial charge on any atom is -0.494 e. The fourth-order valence-corrected chi connectivity index (χ4v) is 1.61. The third kappa shape index (κ3) is 1.93. The molecule has 1 aliphatic rings. The van der Waals surface area contributed by atoms with Crippen molar-refractivity contribution in [3.05, 3.63) is 35.9 Å². The number of nitrogens with zero attached hydrogens (tertiary/aromatic N) is 1. The number of ether oxygens (including phenoxy) is 2. The Bertz CT molecular complexity index is 402. The van der Waals surface area contributed by atoms with Crippen molar-refractivity contribution in [3.63, 3.8) is 0 Å². The average molecular weight is 223 g/mol. The second-order valence-corrected chi connectivity index (χ2v) is 3.65. The molecule has 0 atom stereocenters. The fourth-order valence-electron chi connectivity index (χ4n) is 1.61. The lowest BCUT2D eigenvalue weighted by Gasteiger charge is -2.26. The summed E-state index contributed by atoms with van der Waals surface area (Å²) in [5.41, 5.74) is 0.836. The van der Waals surface area contributed by atoms with Gasteiger partial charge in [0.2, 0.25) is 0 Å². The molecule has 86 valence electrons. The van der Waals surface area contributed by atoms with Gasteiger partial charge in [0, 0.05) is 6.20 Å². The van der Waals surface area contributed by atoms with Gasteiger partial charge in [-0.1, -0.05) is 6.58 Å². The lowest BCUT2D eigenvalue weighted by Crippen LogP contribution is -2.27. The number of aromatic nitrogens is 1. The smallest absolute Gasteiger partial charge is 0.156 e. The first-order valence-electron chi connectivity index (χ1n) is 5.28. The van der Waals surface area contributed by atoms with E-state index in [1.165, 1.54) is 0 Å². The van der Waals surface area contributed by atoms with Crippen molar-refractivity contribution in [2.75, 3.05) is 19.8 Å². The molecule has 1 aromatic heterocycles. The molecule has 0 saturated carbocycles. The van der Waals surface area contributed by atoms with E-state index in [1.54, 1.807) is 12.3 Å². The molecule has 2 heterocycles. The van der Waals surface area contributed by atoms with Crippen molar-refractivity contribution in [2.24, 2.45) is 0 Å². The molecule has 0 unspecified atom stereocenters. The molecule has 0 N–H and O–H groups in total. The van der Waals surface area contributed by atoms with Crippen LogP contribution in [0.1, 0.15) is 24.1 Å². The Labute approximate surface area is 93.9 Å². The first-order chi connectivity index (χ1) is 7.74. The molecule has 16 heavy (non-hydrogen) atoms. The normalized spacial score (nSPS) is 15.6. The molecule has 1 aromatic rings. The van der Waals surface area contributed by atoms with E-state index in [4.69, 9.17) is 9.47 Å². The van der Waals surface area contributed by atoms with Crippen LogP contribution in [0.15, 0.2) is 18.8 Å². The summed E-state index contributed by atoms with van der Waals surface area (Å²) in [4.78, 5) is 4.05. The van der Waals surface area contributed by atoms with Crippen LogP contribution in [0.2, 0.25) is 0 Å². The predicted octanol–water partition coefficient (Wildman–Crippen LogP) is 2.34. The summed E-state index contributed by atoms with van der Waals surface area (Å²) in [6, 6.07) is 1.58. The maximum atomic E-state index is 14.1. The summed E-state index contributed by atoms with van der Waals surface area (Å²) in [5, 5.41) is 0. The van der Waals surface area contributed by atoms with E-state index >= 15 is 0 Å². The Balaban J connectivity index is 2.28. The Kier molecular flexibility index (Phi) is 3.19. The van der Waals surface area contributed by atoms with E-state index in [0.717, 1.165) is 0 Å². The zero-order valence-corrected chi connectivity index (χ0v) is 9.20. The predicted molar refractivity (Wildman–Crippen MR) is 58.4 cm³/mol. The van der Waals surface area contributed by atoms with Crippen molar-refractivity contribution in [2.45, 2.75) is 12.8 Å². The van der Waals surface area contributed by atoms with Crippen LogP contribution in [0.4, 0.5) is 4.39 Å². The largest absolute Gasteiger partial charge is 0.494 e. The summed E-state index contributed by atoms with van der Waals surface area (Å²) in [5.74, 6) is 0.0764. The van der Waals surface area contributed by atoms with Crippen LogP contribution in [0.25, 0.3) is 5.76 Å². The zero-order valence-electron chi connectivity index (χ0n) is 9.20. The molecule has 3 nitrogen and oxygen atoms in total. The Morgan fingerprint density at radius 2 is 2.44 bits per heavy atom. The molecule has 2 rings (SSSR count). The lowest BCUT2D eigenvalue weighted by atomic mass is 10.0. The van der Waals surface area contributed by atoms with Crippen LogP contribution >= 0.6 is 0 Å². The molecule has 0 radical (unpaired) electrons. The molecule has 0 aromatic carbocycles. The van der Waals surface area contributed by atoms with Crippen LogP contribution in [-0.4, -0.2) is 24.8 Å². The van der Waals surface area contributed by atoms with Crippen molar-refractivity contribution >= 4 is 5.76 Å². The number of rotatable bonds is 4. The van der Waals surface area contributed by atoms with Gasteiger partial charge in [0.15, 0.2) is 5.82 Å². The van der Waals surface area contributed by atoms with Crippen molar-refractivity contribution in [3.8, 4) is 0 Å². The van der Waals surface area contributed by atoms with E-state index in [-0.39, 0.29) is 11.7 Å². The van der Waals surface area contributed by atoms with Crippen LogP contribution in [0, 0.1) is 5.82 Å². The van der Waals surface area contributed by atoms with Gasteiger partial charge in [-0.25, -0.2) is 4.39 Å². The number of halogens is 1. The van der Waals surface area contributed by atoms with Crippen molar-refractivity contribution in [1.82, 2.24) is 4.98 Å². The van der Waals surface area contributed by atoms with Gasteiger partial charge in [-0.15, -0.1) is 0 Å². The van der Waals surface area contributed by atoms with Gasteiger partial charge >= 0.3 is 0 Å². The SMILES string of the molecule is C=C(OCC)c1ccnc(C2COC2)c1F. The molecule has 1 aliphatic heterocycles. The van der Waals surface area contributed by atoms with Gasteiger partial charge in [-0.2, -0.15) is 0 Å². The zero-order chi connectivity index (χ0) is 11.5. The second-order valence-electron chi connectivity index (χ2n) is 3.65. The summed E-state index contributed by atoms with van der Waals surface area (Å²) in [6.07, 6.45) is 1.58. The van der Waals surface area contributed by atoms with Gasteiger partial charge in [0.1, 0.15) is 5.76 Å². The van der Waals surface area contributed by atoms with Crippen molar-refractivity contribution in [1.29, 1.82) is 0 Å². The number of pyridine rings is 1. The van der Waals surface area contributed by atoms with Gasteiger partial charge in [0.25, 0.3) is 0 Å². The third-order valence-corrected chi connectivity index (χ3v) is 2.56. The van der Waals surface area contributed by atoms with E-state index in [1.807, 2.05) is 6.92 Å². The van der Waals surface area contributed by atoms with E-state index in [0.29, 0.717) is 36.8 Å². The Hall–Kier alpha value is -1.42. The molecule has 0 amide bonds. The van der Waals surface area contributed by atoms with Gasteiger partial charge in [-0.05, 0) is 13.0 Å². The van der Waals surface area contributed by atoms with E-state index < -0.39 is 0 Å². The highest BCUT2D eigenvalue weighted by Crippen LogP contribution is 2.28. The summed E-state index contributed by atoms with van der Waals surface area (Å²) >= 11 is 0. The second kappa shape index (κ2) is 4.61. The molecule has 0 aliphatic carbocycles. The Morgan fingerprint density at radius 1 is 1.69 bits per heavy atom. The minimum absolute atomic E-state index is 0.0642. The van der Waals surface area contributed by atoms with Gasteiger partial charge < -0.3 is 9.47 Å². The highest BCUT2D eigenvalue weighted by atomic mass is 19.1. The summed E-state index contributed by atoms with van der Waals surface area (Å²) in [7, 11) is 0. The van der Waals surface area contributed by atoms with E-state index in [2.05, 4.69) is 11.6 Å². The highest BCUT2D eigenvalue weighted by molar-refractivity contribution is 5.58. The molecular weight excluding hydrogens is 209 g/mol. The Morgan fingerprint density at radius 3 is 3.00 bits per heavy atom. The van der Waals surface area contributed by atoms with Crippen LogP contribution in [-0.2, 0) is 9.47 Å². The molecule has 0 bridgehead atoms. The topological polar surface area (TPSA) is 31.4 Å². The average Bonchev–Trinajstić information content (AvgIpc) is 2.18. The molecule has 1 fully saturated rings. The van der Waals surface area contributed by atoms with Crippen LogP contribution < -0.4 is 0 Å². The number of hydrogen-bond donors (Lipinski definition) is 0. The lowest BCUT2D eigenvalue weighted by molar-refractivity contribution is 0.00515. The molecule has 0 spiro atoms. The maximum absolute atomic E-state index is 14.1. The summed E-state index contributed by atoms with van der Waals surface area (Å²) in [6.45, 7) is 7.08. The van der Waals surface area contributed by atoms with Crippen LogP contribution in [0.3, 0.4) is 0 Å². The standard InChI is InChI=1S/C12H14FNO2/c1-3-16-8(2)10-4-5-14-12(11(10)13)9-6-15-7-9/h4-5,9H,2-3,6-7H2,1H3. The fraction of sp³-hybridized carbons (Fsp3) is 0.417. The molecule has 4 heteroatoms. The highest BCUT2D eigenvalue weighted by Gasteiger charge is 2.26. The number of hydrogen-bond acceptors (Lipinski definition) is 3. The molecule has 1 saturated heterocycles. The van der Waals surface area contributed by atoms with Crippen LogP contribution in [0.5, 0.6) is 0 Å². The first kappa shape index (κ1) is 11.1. The minimum atomic E-state index is -0.339. The monoisotopic (exact) mass is 223 g/mol. The first-order valence-corrected chi connectivity index (χ1v) is 5.28. The van der Waals surface area contributed by atoms with Gasteiger partial charge in [-0.3, -0.25) is 4.98 Å². The molecular formula is C12H14FNO2. The van der Waals surface area contributed by atoms with Crippen molar-refractivity contribution < 1.29 is 13.9 Å². The third-order valence-electron chi connectivity index (χ3n) is 2.56. The van der Waals surface area contributed by atoms with Gasteiger partial charge in [0.05, 0.1) is 37.0 Å². The quantitative estimate of drug-likeness (QED) is 0.734. The summed E-state index contributed by atoms with van der Waals surface area (Å²) < 4.78 is 24.3. The maximum Gasteiger partial charge on any atom is 0.156 e. The van der Waals surface area contributed by atoms with E-state index in [9.17, 15) is 4.39 Å².